The topological polar surface area (TPSA) is 71.1 Å². The molecule has 2 saturated heterocycles. The van der Waals surface area contributed by atoms with Crippen molar-refractivity contribution in [1.29, 1.82) is 0 Å². The molecule has 6 nitrogen and oxygen atoms in total. The third-order valence-corrected chi connectivity index (χ3v) is 5.77. The summed E-state index contributed by atoms with van der Waals surface area (Å²) in [5, 5.41) is 0. The summed E-state index contributed by atoms with van der Waals surface area (Å²) in [6.07, 6.45) is 4.56. The van der Waals surface area contributed by atoms with Gasteiger partial charge in [-0.25, -0.2) is 4.79 Å². The third kappa shape index (κ3) is 3.64. The molecule has 1 unspecified atom stereocenters. The van der Waals surface area contributed by atoms with E-state index >= 15 is 0 Å². The molecule has 2 aliphatic heterocycles. The lowest BCUT2D eigenvalue weighted by molar-refractivity contribution is -0.199. The molecule has 0 radical (unpaired) electrons. The molecule has 1 aliphatic carbocycles. The van der Waals surface area contributed by atoms with E-state index < -0.39 is 42.3 Å². The van der Waals surface area contributed by atoms with Crippen LogP contribution in [0.1, 0.15) is 48.9 Å². The number of ether oxygens (including phenoxy) is 4. The van der Waals surface area contributed by atoms with Crippen molar-refractivity contribution in [2.24, 2.45) is 0 Å². The highest BCUT2D eigenvalue weighted by atomic mass is 16.8. The van der Waals surface area contributed by atoms with Crippen LogP contribution in [0.3, 0.4) is 0 Å². The first kappa shape index (κ1) is 19.3. The van der Waals surface area contributed by atoms with Gasteiger partial charge >= 0.3 is 5.97 Å². The maximum absolute atomic E-state index is 12.7. The third-order valence-electron chi connectivity index (χ3n) is 5.77. The summed E-state index contributed by atoms with van der Waals surface area (Å²) < 4.78 is 24.4. The van der Waals surface area contributed by atoms with E-state index in [-0.39, 0.29) is 0 Å². The molecule has 0 amide bonds. The van der Waals surface area contributed by atoms with Crippen LogP contribution < -0.4 is 0 Å². The number of fused-ring (bicyclic) bond motifs is 1. The SMILES string of the molecule is C=CC[C@@H]1O[C@@H](C=O)[C@H]2OC3(CCCCC3)OC2[C@H]1OC(=O)c1ccccc1. The highest BCUT2D eigenvalue weighted by molar-refractivity contribution is 5.89. The Morgan fingerprint density at radius 2 is 1.86 bits per heavy atom. The van der Waals surface area contributed by atoms with Gasteiger partial charge < -0.3 is 23.7 Å². The van der Waals surface area contributed by atoms with Crippen molar-refractivity contribution in [3.05, 3.63) is 48.6 Å². The zero-order chi connectivity index (χ0) is 19.6. The molecule has 1 saturated carbocycles. The smallest absolute Gasteiger partial charge is 0.338 e. The van der Waals surface area contributed by atoms with Gasteiger partial charge in [0.2, 0.25) is 0 Å². The zero-order valence-corrected chi connectivity index (χ0v) is 15.8. The molecule has 4 rings (SSSR count). The van der Waals surface area contributed by atoms with Crippen LogP contribution in [0.4, 0.5) is 0 Å². The zero-order valence-electron chi connectivity index (χ0n) is 15.8. The van der Waals surface area contributed by atoms with E-state index in [1.807, 2.05) is 6.07 Å². The minimum absolute atomic E-state index is 0.441. The Labute approximate surface area is 164 Å². The fourth-order valence-electron chi connectivity index (χ4n) is 4.43. The molecule has 1 spiro atoms. The Morgan fingerprint density at radius 1 is 1.14 bits per heavy atom. The first-order chi connectivity index (χ1) is 13.7. The molecule has 0 N–H and O–H groups in total. The van der Waals surface area contributed by atoms with Gasteiger partial charge in [0.05, 0.1) is 5.56 Å². The Hall–Kier alpha value is -2.02. The summed E-state index contributed by atoms with van der Waals surface area (Å²) in [4.78, 5) is 24.4. The number of carbonyl (C=O) groups excluding carboxylic acids is 2. The van der Waals surface area contributed by atoms with Crippen LogP contribution in [-0.2, 0) is 23.7 Å². The maximum atomic E-state index is 12.7. The van der Waals surface area contributed by atoms with Gasteiger partial charge in [0.15, 0.2) is 18.2 Å². The molecule has 1 aromatic carbocycles. The van der Waals surface area contributed by atoms with Crippen LogP contribution in [0.15, 0.2) is 43.0 Å². The number of carbonyl (C=O) groups is 2. The highest BCUT2D eigenvalue weighted by Crippen LogP contribution is 2.45. The maximum Gasteiger partial charge on any atom is 0.338 e. The van der Waals surface area contributed by atoms with Crippen molar-refractivity contribution in [2.75, 3.05) is 0 Å². The second-order valence-electron chi connectivity index (χ2n) is 7.67. The first-order valence-electron chi connectivity index (χ1n) is 9.99. The van der Waals surface area contributed by atoms with Gasteiger partial charge in [0.25, 0.3) is 0 Å². The van der Waals surface area contributed by atoms with Crippen LogP contribution in [0.25, 0.3) is 0 Å². The van der Waals surface area contributed by atoms with Gasteiger partial charge in [-0.1, -0.05) is 30.7 Å². The number of hydrogen-bond donors (Lipinski definition) is 0. The lowest BCUT2D eigenvalue weighted by Crippen LogP contribution is -2.58. The predicted octanol–water partition coefficient (Wildman–Crippen LogP) is 3.20. The molecule has 1 aromatic rings. The van der Waals surface area contributed by atoms with E-state index in [2.05, 4.69) is 6.58 Å². The average molecular weight is 386 g/mol. The quantitative estimate of drug-likeness (QED) is 0.440. The van der Waals surface area contributed by atoms with E-state index in [4.69, 9.17) is 18.9 Å². The highest BCUT2D eigenvalue weighted by Gasteiger charge is 2.59. The second-order valence-corrected chi connectivity index (χ2v) is 7.67. The van der Waals surface area contributed by atoms with E-state index in [1.54, 1.807) is 30.3 Å². The van der Waals surface area contributed by atoms with Gasteiger partial charge in [0, 0.05) is 12.8 Å². The molecule has 0 aromatic heterocycles. The summed E-state index contributed by atoms with van der Waals surface area (Å²) in [7, 11) is 0. The van der Waals surface area contributed by atoms with Crippen LogP contribution >= 0.6 is 0 Å². The summed E-state index contributed by atoms with van der Waals surface area (Å²) in [6, 6.07) is 8.81. The van der Waals surface area contributed by atoms with Gasteiger partial charge in [-0.15, -0.1) is 6.58 Å². The van der Waals surface area contributed by atoms with E-state index in [0.717, 1.165) is 38.4 Å². The van der Waals surface area contributed by atoms with Crippen LogP contribution in [0.5, 0.6) is 0 Å². The molecule has 150 valence electrons. The molecule has 0 bridgehead atoms. The number of rotatable bonds is 5. The Bertz CT molecular complexity index is 711. The van der Waals surface area contributed by atoms with Gasteiger partial charge in [-0.3, -0.25) is 0 Å². The lowest BCUT2D eigenvalue weighted by Gasteiger charge is -2.39. The fourth-order valence-corrected chi connectivity index (χ4v) is 4.43. The molecular weight excluding hydrogens is 360 g/mol. The average Bonchev–Trinajstić information content (AvgIpc) is 3.09. The van der Waals surface area contributed by atoms with Crippen LogP contribution in [-0.4, -0.2) is 48.6 Å². The summed E-state index contributed by atoms with van der Waals surface area (Å²) >= 11 is 0. The molecule has 3 fully saturated rings. The molecule has 5 atom stereocenters. The number of aldehydes is 1. The largest absolute Gasteiger partial charge is 0.453 e. The van der Waals surface area contributed by atoms with Crippen molar-refractivity contribution < 1.29 is 28.5 Å². The standard InChI is InChI=1S/C22H26O6/c1-2-9-16-18(26-21(24)15-10-5-3-6-11-15)20-19(17(14-23)25-16)27-22(28-20)12-7-4-8-13-22/h2-3,5-6,10-11,14,16-20H,1,4,7-9,12-13H2/t16-,17-,18-,19+,20?/m0/s1. The Morgan fingerprint density at radius 3 is 2.54 bits per heavy atom. The Balaban J connectivity index is 1.60. The molecule has 6 heteroatoms. The van der Waals surface area contributed by atoms with Crippen molar-refractivity contribution in [2.45, 2.75) is 74.8 Å². The molecule has 2 heterocycles. The fraction of sp³-hybridized carbons (Fsp3) is 0.545. The number of esters is 1. The van der Waals surface area contributed by atoms with Crippen molar-refractivity contribution in [1.82, 2.24) is 0 Å². The van der Waals surface area contributed by atoms with Crippen molar-refractivity contribution in [3.63, 3.8) is 0 Å². The number of hydrogen-bond acceptors (Lipinski definition) is 6. The van der Waals surface area contributed by atoms with Gasteiger partial charge in [-0.2, -0.15) is 0 Å². The minimum atomic E-state index is -0.747. The van der Waals surface area contributed by atoms with Crippen molar-refractivity contribution in [3.8, 4) is 0 Å². The summed E-state index contributed by atoms with van der Waals surface area (Å²) in [6.45, 7) is 3.77. The Kier molecular flexibility index (Phi) is 5.62. The number of benzene rings is 1. The lowest BCUT2D eigenvalue weighted by atomic mass is 9.93. The van der Waals surface area contributed by atoms with E-state index in [1.165, 1.54) is 0 Å². The van der Waals surface area contributed by atoms with Crippen molar-refractivity contribution >= 4 is 12.3 Å². The second kappa shape index (κ2) is 8.15. The molecule has 28 heavy (non-hydrogen) atoms. The van der Waals surface area contributed by atoms with Crippen LogP contribution in [0.2, 0.25) is 0 Å². The van der Waals surface area contributed by atoms with E-state index in [9.17, 15) is 9.59 Å². The predicted molar refractivity (Wildman–Crippen MR) is 101 cm³/mol. The monoisotopic (exact) mass is 386 g/mol. The molecule has 3 aliphatic rings. The summed E-state index contributed by atoms with van der Waals surface area (Å²) in [5.74, 6) is -1.15. The molecular formula is C22H26O6. The normalized spacial score (nSPS) is 33.8. The van der Waals surface area contributed by atoms with Crippen LogP contribution in [0, 0.1) is 0 Å². The van der Waals surface area contributed by atoms with E-state index in [0.29, 0.717) is 12.0 Å². The van der Waals surface area contributed by atoms with Gasteiger partial charge in [0.1, 0.15) is 24.4 Å². The van der Waals surface area contributed by atoms with Gasteiger partial charge in [-0.05, 0) is 31.4 Å². The first-order valence-corrected chi connectivity index (χ1v) is 9.99. The minimum Gasteiger partial charge on any atom is -0.453 e. The summed E-state index contributed by atoms with van der Waals surface area (Å²) in [5.41, 5.74) is 0.459.